The Bertz CT molecular complexity index is 636. The summed E-state index contributed by atoms with van der Waals surface area (Å²) in [6, 6.07) is 3.38. The zero-order valence-corrected chi connectivity index (χ0v) is 14.9. The molecule has 2 heterocycles. The van der Waals surface area contributed by atoms with Gasteiger partial charge in [-0.1, -0.05) is 12.8 Å². The molecule has 0 radical (unpaired) electrons. The first-order chi connectivity index (χ1) is 11.6. The van der Waals surface area contributed by atoms with E-state index in [1.807, 2.05) is 0 Å². The number of sulfonamides is 1. The Balaban J connectivity index is 1.62. The zero-order chi connectivity index (χ0) is 17.0. The topological polar surface area (TPSA) is 82.5 Å². The summed E-state index contributed by atoms with van der Waals surface area (Å²) in [4.78, 5) is 4.55. The molecule has 0 aromatic carbocycles. The number of pyridine rings is 1. The van der Waals surface area contributed by atoms with Crippen molar-refractivity contribution in [1.29, 1.82) is 0 Å². The van der Waals surface area contributed by atoms with E-state index in [2.05, 4.69) is 10.3 Å². The van der Waals surface area contributed by atoms with Crippen LogP contribution in [0, 0.1) is 5.41 Å². The summed E-state index contributed by atoms with van der Waals surface area (Å²) >= 11 is 0. The van der Waals surface area contributed by atoms with Crippen molar-refractivity contribution in [3.63, 3.8) is 0 Å². The predicted octanol–water partition coefficient (Wildman–Crippen LogP) is 2.22. The molecule has 0 bridgehead atoms. The Labute approximate surface area is 144 Å². The third-order valence-corrected chi connectivity index (χ3v) is 7.27. The fraction of sp³-hybridized carbons (Fsp3) is 0.706. The number of hydrogen-bond donors (Lipinski definition) is 2. The number of aliphatic hydroxyl groups excluding tert-OH is 1. The highest BCUT2D eigenvalue weighted by atomic mass is 32.2. The Morgan fingerprint density at radius 3 is 2.46 bits per heavy atom. The van der Waals surface area contributed by atoms with Crippen molar-refractivity contribution in [2.75, 3.05) is 31.6 Å². The van der Waals surface area contributed by atoms with Gasteiger partial charge in [0.15, 0.2) is 0 Å². The van der Waals surface area contributed by atoms with Gasteiger partial charge in [0.25, 0.3) is 0 Å². The van der Waals surface area contributed by atoms with E-state index in [1.165, 1.54) is 12.6 Å². The number of nitrogens with zero attached hydrogens (tertiary/aromatic N) is 2. The standard InChI is InChI=1S/C17H27N3O3S/c21-12-9-17(7-4-8-17)14-19-16-6-5-15(13-18-16)24(22,23)20-10-2-1-3-11-20/h5-6,13,21H,1-4,7-12,14H2,(H,18,19). The summed E-state index contributed by atoms with van der Waals surface area (Å²) in [5.41, 5.74) is 0.176. The molecule has 24 heavy (non-hydrogen) atoms. The van der Waals surface area contributed by atoms with Gasteiger partial charge in [0.1, 0.15) is 10.7 Å². The third kappa shape index (κ3) is 3.73. The number of hydrogen-bond acceptors (Lipinski definition) is 5. The maximum atomic E-state index is 12.6. The van der Waals surface area contributed by atoms with E-state index in [0.29, 0.717) is 18.9 Å². The lowest BCUT2D eigenvalue weighted by Gasteiger charge is -2.42. The maximum absolute atomic E-state index is 12.6. The van der Waals surface area contributed by atoms with Gasteiger partial charge in [-0.2, -0.15) is 4.31 Å². The SMILES string of the molecule is O=S(=O)(c1ccc(NCC2(CCO)CCC2)nc1)N1CCCCC1. The second-order valence-electron chi connectivity index (χ2n) is 7.02. The minimum absolute atomic E-state index is 0.176. The molecular weight excluding hydrogens is 326 g/mol. The molecule has 134 valence electrons. The van der Waals surface area contributed by atoms with E-state index >= 15 is 0 Å². The van der Waals surface area contributed by atoms with Crippen molar-refractivity contribution in [2.45, 2.75) is 49.8 Å². The highest BCUT2D eigenvalue weighted by molar-refractivity contribution is 7.89. The van der Waals surface area contributed by atoms with Gasteiger partial charge in [0.2, 0.25) is 10.0 Å². The van der Waals surface area contributed by atoms with Gasteiger partial charge < -0.3 is 10.4 Å². The van der Waals surface area contributed by atoms with Gasteiger partial charge in [-0.05, 0) is 49.7 Å². The highest BCUT2D eigenvalue weighted by Gasteiger charge is 2.36. The van der Waals surface area contributed by atoms with Crippen LogP contribution in [0.5, 0.6) is 0 Å². The van der Waals surface area contributed by atoms with Gasteiger partial charge in [-0.15, -0.1) is 0 Å². The normalized spacial score (nSPS) is 21.2. The van der Waals surface area contributed by atoms with Crippen LogP contribution in [0.2, 0.25) is 0 Å². The first-order valence-corrected chi connectivity index (χ1v) is 10.3. The molecule has 1 aliphatic heterocycles. The molecule has 7 heteroatoms. The lowest BCUT2D eigenvalue weighted by molar-refractivity contribution is 0.102. The van der Waals surface area contributed by atoms with Crippen molar-refractivity contribution in [3.05, 3.63) is 18.3 Å². The van der Waals surface area contributed by atoms with Crippen molar-refractivity contribution in [3.8, 4) is 0 Å². The number of aliphatic hydroxyl groups is 1. The Hall–Kier alpha value is -1.18. The first kappa shape index (κ1) is 17.6. The minimum Gasteiger partial charge on any atom is -0.396 e. The molecule has 0 unspecified atom stereocenters. The van der Waals surface area contributed by atoms with Crippen LogP contribution < -0.4 is 5.32 Å². The number of rotatable bonds is 7. The van der Waals surface area contributed by atoms with Crippen molar-refractivity contribution in [1.82, 2.24) is 9.29 Å². The Morgan fingerprint density at radius 2 is 1.92 bits per heavy atom. The van der Waals surface area contributed by atoms with Gasteiger partial charge in [0.05, 0.1) is 0 Å². The van der Waals surface area contributed by atoms with Crippen molar-refractivity contribution >= 4 is 15.8 Å². The molecule has 3 rings (SSSR count). The molecule has 1 aromatic heterocycles. The molecule has 2 aliphatic rings. The average molecular weight is 353 g/mol. The molecule has 2 N–H and O–H groups in total. The monoisotopic (exact) mass is 353 g/mol. The smallest absolute Gasteiger partial charge is 0.244 e. The van der Waals surface area contributed by atoms with Crippen LogP contribution >= 0.6 is 0 Å². The van der Waals surface area contributed by atoms with Gasteiger partial charge in [-0.25, -0.2) is 13.4 Å². The summed E-state index contributed by atoms with van der Waals surface area (Å²) in [5, 5.41) is 12.5. The van der Waals surface area contributed by atoms with Gasteiger partial charge >= 0.3 is 0 Å². The fourth-order valence-corrected chi connectivity index (χ4v) is 5.06. The highest BCUT2D eigenvalue weighted by Crippen LogP contribution is 2.43. The molecule has 1 saturated heterocycles. The lowest BCUT2D eigenvalue weighted by Crippen LogP contribution is -2.37. The molecule has 1 saturated carbocycles. The van der Waals surface area contributed by atoms with Crippen LogP contribution in [-0.2, 0) is 10.0 Å². The Morgan fingerprint density at radius 1 is 1.17 bits per heavy atom. The van der Waals surface area contributed by atoms with Crippen molar-refractivity contribution in [2.24, 2.45) is 5.41 Å². The zero-order valence-electron chi connectivity index (χ0n) is 14.1. The molecule has 1 aliphatic carbocycles. The average Bonchev–Trinajstić information content (AvgIpc) is 2.58. The van der Waals surface area contributed by atoms with Crippen LogP contribution in [0.1, 0.15) is 44.9 Å². The predicted molar refractivity (Wildman–Crippen MR) is 93.3 cm³/mol. The summed E-state index contributed by atoms with van der Waals surface area (Å²) < 4.78 is 26.7. The lowest BCUT2D eigenvalue weighted by atomic mass is 9.67. The molecule has 0 atom stereocenters. The first-order valence-electron chi connectivity index (χ1n) is 8.87. The number of piperidine rings is 1. The molecule has 2 fully saturated rings. The second kappa shape index (κ2) is 7.37. The summed E-state index contributed by atoms with van der Waals surface area (Å²) in [5.74, 6) is 0.691. The van der Waals surface area contributed by atoms with Gasteiger partial charge in [0, 0.05) is 32.4 Å². The van der Waals surface area contributed by atoms with E-state index in [1.54, 1.807) is 16.4 Å². The molecule has 1 aromatic rings. The number of anilines is 1. The van der Waals surface area contributed by atoms with E-state index in [9.17, 15) is 13.5 Å². The van der Waals surface area contributed by atoms with E-state index in [0.717, 1.165) is 45.1 Å². The number of aromatic nitrogens is 1. The molecular formula is C17H27N3O3S. The third-order valence-electron chi connectivity index (χ3n) is 5.39. The largest absolute Gasteiger partial charge is 0.396 e. The Kier molecular flexibility index (Phi) is 5.42. The van der Waals surface area contributed by atoms with Gasteiger partial charge in [-0.3, -0.25) is 0 Å². The second-order valence-corrected chi connectivity index (χ2v) is 8.96. The molecule has 6 nitrogen and oxygen atoms in total. The maximum Gasteiger partial charge on any atom is 0.244 e. The number of nitrogens with one attached hydrogen (secondary N) is 1. The van der Waals surface area contributed by atoms with Crippen LogP contribution in [0.15, 0.2) is 23.2 Å². The van der Waals surface area contributed by atoms with E-state index in [4.69, 9.17) is 0 Å². The summed E-state index contributed by atoms with van der Waals surface area (Å²) in [6.45, 7) is 2.19. The molecule has 0 amide bonds. The van der Waals surface area contributed by atoms with E-state index < -0.39 is 10.0 Å². The van der Waals surface area contributed by atoms with Crippen LogP contribution in [0.3, 0.4) is 0 Å². The van der Waals surface area contributed by atoms with Crippen LogP contribution in [0.4, 0.5) is 5.82 Å². The van der Waals surface area contributed by atoms with Crippen LogP contribution in [0.25, 0.3) is 0 Å². The fourth-order valence-electron chi connectivity index (χ4n) is 3.60. The minimum atomic E-state index is -3.41. The van der Waals surface area contributed by atoms with E-state index in [-0.39, 0.29) is 16.9 Å². The summed E-state index contributed by atoms with van der Waals surface area (Å²) in [6.07, 6.45) is 8.68. The summed E-state index contributed by atoms with van der Waals surface area (Å²) in [7, 11) is -3.41. The van der Waals surface area contributed by atoms with Crippen molar-refractivity contribution < 1.29 is 13.5 Å². The quantitative estimate of drug-likeness (QED) is 0.785. The molecule has 0 spiro atoms. The van der Waals surface area contributed by atoms with Crippen LogP contribution in [-0.4, -0.2) is 49.1 Å².